The number of hydrogen-bond acceptors (Lipinski definition) is 3. The van der Waals surface area contributed by atoms with Gasteiger partial charge in [-0.05, 0) is 25.0 Å². The van der Waals surface area contributed by atoms with E-state index in [9.17, 15) is 9.90 Å². The van der Waals surface area contributed by atoms with Crippen LogP contribution in [-0.4, -0.2) is 26.9 Å². The Kier molecular flexibility index (Phi) is 4.75. The minimum absolute atomic E-state index is 0.0342. The van der Waals surface area contributed by atoms with Crippen molar-refractivity contribution in [2.24, 2.45) is 5.92 Å². The van der Waals surface area contributed by atoms with Crippen LogP contribution in [0.4, 0.5) is 0 Å². The van der Waals surface area contributed by atoms with E-state index in [0.717, 1.165) is 16.9 Å². The van der Waals surface area contributed by atoms with Crippen molar-refractivity contribution in [2.75, 3.05) is 0 Å². The van der Waals surface area contributed by atoms with Crippen LogP contribution in [0.5, 0.6) is 0 Å². The molecular weight excluding hydrogens is 266 g/mol. The predicted octanol–water partition coefficient (Wildman–Crippen LogP) is 2.38. The van der Waals surface area contributed by atoms with Crippen molar-refractivity contribution in [3.63, 3.8) is 0 Å². The quantitative estimate of drug-likeness (QED) is 0.856. The molecule has 0 aliphatic rings. The van der Waals surface area contributed by atoms with Gasteiger partial charge in [0.15, 0.2) is 0 Å². The maximum atomic E-state index is 11.2. The molecule has 0 bridgehead atoms. The standard InChI is InChI=1S/C16H21N3O2/c1-11(2)15(16(20)21)17-9-13-10-19(18-12(13)3)14-7-5-4-6-8-14/h4-8,10-11,15,17H,9H2,1-3H3,(H,20,21)/t15-/m0/s1. The van der Waals surface area contributed by atoms with Gasteiger partial charge in [-0.25, -0.2) is 4.68 Å². The molecule has 1 aromatic heterocycles. The van der Waals surface area contributed by atoms with Crippen LogP contribution in [0.15, 0.2) is 36.5 Å². The first-order valence-corrected chi connectivity index (χ1v) is 7.05. The van der Waals surface area contributed by atoms with Gasteiger partial charge >= 0.3 is 5.97 Å². The summed E-state index contributed by atoms with van der Waals surface area (Å²) in [5, 5.41) is 16.8. The molecule has 0 fully saturated rings. The third-order valence-corrected chi connectivity index (χ3v) is 3.47. The van der Waals surface area contributed by atoms with Crippen LogP contribution < -0.4 is 5.32 Å². The summed E-state index contributed by atoms with van der Waals surface area (Å²) < 4.78 is 1.82. The van der Waals surface area contributed by atoms with Crippen LogP contribution in [0.25, 0.3) is 5.69 Å². The molecule has 0 amide bonds. The Morgan fingerprint density at radius 2 is 2.00 bits per heavy atom. The van der Waals surface area contributed by atoms with Gasteiger partial charge in [-0.15, -0.1) is 0 Å². The molecule has 0 radical (unpaired) electrons. The molecule has 5 nitrogen and oxygen atoms in total. The number of nitrogens with zero attached hydrogens (tertiary/aromatic N) is 2. The van der Waals surface area contributed by atoms with Gasteiger partial charge in [0.1, 0.15) is 6.04 Å². The molecule has 2 rings (SSSR count). The summed E-state index contributed by atoms with van der Waals surface area (Å²) in [4.78, 5) is 11.2. The van der Waals surface area contributed by atoms with E-state index in [1.54, 1.807) is 0 Å². The van der Waals surface area contributed by atoms with E-state index in [0.29, 0.717) is 6.54 Å². The van der Waals surface area contributed by atoms with Crippen molar-refractivity contribution in [1.82, 2.24) is 15.1 Å². The molecule has 2 aromatic rings. The lowest BCUT2D eigenvalue weighted by atomic mass is 10.0. The summed E-state index contributed by atoms with van der Waals surface area (Å²) in [6.07, 6.45) is 1.94. The Bertz CT molecular complexity index is 605. The third-order valence-electron chi connectivity index (χ3n) is 3.47. The number of aryl methyl sites for hydroxylation is 1. The Morgan fingerprint density at radius 1 is 1.33 bits per heavy atom. The second kappa shape index (κ2) is 6.54. The van der Waals surface area contributed by atoms with Crippen molar-refractivity contribution >= 4 is 5.97 Å². The highest BCUT2D eigenvalue weighted by molar-refractivity contribution is 5.73. The second-order valence-corrected chi connectivity index (χ2v) is 5.46. The number of aliphatic carboxylic acids is 1. The number of nitrogens with one attached hydrogen (secondary N) is 1. The zero-order chi connectivity index (χ0) is 15.4. The van der Waals surface area contributed by atoms with Crippen LogP contribution in [0, 0.1) is 12.8 Å². The highest BCUT2D eigenvalue weighted by atomic mass is 16.4. The Hall–Kier alpha value is -2.14. The van der Waals surface area contributed by atoms with Crippen molar-refractivity contribution in [3.05, 3.63) is 47.8 Å². The van der Waals surface area contributed by atoms with Crippen molar-refractivity contribution in [1.29, 1.82) is 0 Å². The number of benzene rings is 1. The second-order valence-electron chi connectivity index (χ2n) is 5.46. The van der Waals surface area contributed by atoms with Gasteiger partial charge in [0.25, 0.3) is 0 Å². The topological polar surface area (TPSA) is 67.2 Å². The maximum absolute atomic E-state index is 11.2. The largest absolute Gasteiger partial charge is 0.480 e. The van der Waals surface area contributed by atoms with Crippen LogP contribution in [0.1, 0.15) is 25.1 Å². The first-order chi connectivity index (χ1) is 9.99. The first-order valence-electron chi connectivity index (χ1n) is 7.05. The molecule has 0 unspecified atom stereocenters. The highest BCUT2D eigenvalue weighted by Gasteiger charge is 2.21. The lowest BCUT2D eigenvalue weighted by Crippen LogP contribution is -2.40. The fraction of sp³-hybridized carbons (Fsp3) is 0.375. The van der Waals surface area contributed by atoms with Gasteiger partial charge < -0.3 is 5.11 Å². The Balaban J connectivity index is 2.11. The summed E-state index contributed by atoms with van der Waals surface area (Å²) in [6, 6.07) is 9.30. The summed E-state index contributed by atoms with van der Waals surface area (Å²) in [5.41, 5.74) is 2.90. The van der Waals surface area contributed by atoms with Crippen molar-refractivity contribution in [3.8, 4) is 5.69 Å². The Morgan fingerprint density at radius 3 is 2.57 bits per heavy atom. The normalized spacial score (nSPS) is 12.6. The number of carboxylic acid groups (broad SMARTS) is 1. The zero-order valence-electron chi connectivity index (χ0n) is 12.6. The minimum atomic E-state index is -0.821. The molecule has 5 heteroatoms. The minimum Gasteiger partial charge on any atom is -0.480 e. The van der Waals surface area contributed by atoms with Gasteiger partial charge in [0.05, 0.1) is 11.4 Å². The number of aromatic nitrogens is 2. The van der Waals surface area contributed by atoms with Gasteiger partial charge in [-0.2, -0.15) is 5.10 Å². The summed E-state index contributed by atoms with van der Waals surface area (Å²) in [5.74, 6) is -0.787. The van der Waals surface area contributed by atoms with E-state index in [1.165, 1.54) is 0 Å². The third kappa shape index (κ3) is 3.70. The molecule has 0 aliphatic carbocycles. The Labute approximate surface area is 124 Å². The average Bonchev–Trinajstić information content (AvgIpc) is 2.81. The maximum Gasteiger partial charge on any atom is 0.320 e. The van der Waals surface area contributed by atoms with E-state index in [1.807, 2.05) is 62.0 Å². The smallest absolute Gasteiger partial charge is 0.320 e. The fourth-order valence-electron chi connectivity index (χ4n) is 2.21. The lowest BCUT2D eigenvalue weighted by molar-refractivity contribution is -0.140. The van der Waals surface area contributed by atoms with Gasteiger partial charge in [0, 0.05) is 18.3 Å². The average molecular weight is 287 g/mol. The van der Waals surface area contributed by atoms with Gasteiger partial charge in [-0.1, -0.05) is 32.0 Å². The van der Waals surface area contributed by atoms with Crippen LogP contribution in [0.3, 0.4) is 0 Å². The number of carbonyl (C=O) groups is 1. The first kappa shape index (κ1) is 15.3. The van der Waals surface area contributed by atoms with Crippen molar-refractivity contribution in [2.45, 2.75) is 33.4 Å². The molecule has 21 heavy (non-hydrogen) atoms. The van der Waals surface area contributed by atoms with Gasteiger partial charge in [-0.3, -0.25) is 10.1 Å². The molecular formula is C16H21N3O2. The molecule has 0 saturated carbocycles. The summed E-state index contributed by atoms with van der Waals surface area (Å²) in [7, 11) is 0. The molecule has 112 valence electrons. The fourth-order valence-corrected chi connectivity index (χ4v) is 2.21. The van der Waals surface area contributed by atoms with Crippen molar-refractivity contribution < 1.29 is 9.90 Å². The highest BCUT2D eigenvalue weighted by Crippen LogP contribution is 2.12. The monoisotopic (exact) mass is 287 g/mol. The number of carboxylic acids is 1. The van der Waals surface area contributed by atoms with Crippen LogP contribution in [-0.2, 0) is 11.3 Å². The van der Waals surface area contributed by atoms with E-state index in [2.05, 4.69) is 10.4 Å². The zero-order valence-corrected chi connectivity index (χ0v) is 12.6. The van der Waals surface area contributed by atoms with Crippen LogP contribution in [0.2, 0.25) is 0 Å². The predicted molar refractivity (Wildman–Crippen MR) is 81.4 cm³/mol. The van der Waals surface area contributed by atoms with Gasteiger partial charge in [0.2, 0.25) is 0 Å². The number of para-hydroxylation sites is 1. The summed E-state index contributed by atoms with van der Waals surface area (Å²) in [6.45, 7) is 6.22. The molecule has 2 N–H and O–H groups in total. The SMILES string of the molecule is Cc1nn(-c2ccccc2)cc1CN[C@H](C(=O)O)C(C)C. The van der Waals surface area contributed by atoms with Crippen LogP contribution >= 0.6 is 0 Å². The molecule has 1 atom stereocenters. The molecule has 0 spiro atoms. The number of hydrogen-bond donors (Lipinski definition) is 2. The molecule has 0 aliphatic heterocycles. The lowest BCUT2D eigenvalue weighted by Gasteiger charge is -2.17. The van der Waals surface area contributed by atoms with E-state index in [-0.39, 0.29) is 5.92 Å². The molecule has 1 aromatic carbocycles. The number of rotatable bonds is 6. The van der Waals surface area contributed by atoms with E-state index >= 15 is 0 Å². The van der Waals surface area contributed by atoms with E-state index < -0.39 is 12.0 Å². The molecule has 1 heterocycles. The van der Waals surface area contributed by atoms with E-state index in [4.69, 9.17) is 0 Å². The molecule has 0 saturated heterocycles. The summed E-state index contributed by atoms with van der Waals surface area (Å²) >= 11 is 0.